The highest BCUT2D eigenvalue weighted by atomic mass is 32.1. The van der Waals surface area contributed by atoms with Crippen LogP contribution in [0.1, 0.15) is 22.3 Å². The average molecular weight is 792 g/mol. The van der Waals surface area contributed by atoms with E-state index in [4.69, 9.17) is 0 Å². The largest absolute Gasteiger partial charge is 0.310 e. The van der Waals surface area contributed by atoms with Crippen LogP contribution >= 0.6 is 11.3 Å². The fraction of sp³-hybridized carbons (Fsp3) is 0.0169. The molecule has 1 nitrogen and oxygen atoms in total. The lowest BCUT2D eigenvalue weighted by molar-refractivity contribution is 0.793. The zero-order valence-electron chi connectivity index (χ0n) is 33.2. The summed E-state index contributed by atoms with van der Waals surface area (Å²) in [5.41, 5.74) is 16.0. The number of hydrogen-bond acceptors (Lipinski definition) is 2. The van der Waals surface area contributed by atoms with Gasteiger partial charge in [-0.2, -0.15) is 0 Å². The molecule has 0 aliphatic heterocycles. The number of thiophene rings is 1. The van der Waals surface area contributed by atoms with Gasteiger partial charge in [0.1, 0.15) is 0 Å². The van der Waals surface area contributed by atoms with Gasteiger partial charge in [-0.15, -0.1) is 11.3 Å². The average Bonchev–Trinajstić information content (AvgIpc) is 4.03. The van der Waals surface area contributed by atoms with Crippen LogP contribution in [0, 0.1) is 0 Å². The summed E-state index contributed by atoms with van der Waals surface area (Å²) in [6.07, 6.45) is 0. The molecule has 0 saturated carbocycles. The molecule has 2 heteroatoms. The second kappa shape index (κ2) is 13.2. The van der Waals surface area contributed by atoms with Crippen LogP contribution in [-0.4, -0.2) is 0 Å². The molecule has 1 aromatic heterocycles. The molecule has 2 aliphatic carbocycles. The highest BCUT2D eigenvalue weighted by molar-refractivity contribution is 7.18. The molecule has 0 radical (unpaired) electrons. The van der Waals surface area contributed by atoms with Crippen molar-refractivity contribution >= 4 is 60.7 Å². The second-order valence-corrected chi connectivity index (χ2v) is 17.4. The fourth-order valence-electron chi connectivity index (χ4n) is 10.7. The maximum absolute atomic E-state index is 2.50. The van der Waals surface area contributed by atoms with Crippen molar-refractivity contribution in [2.45, 2.75) is 5.41 Å². The molecule has 0 unspecified atom stereocenters. The van der Waals surface area contributed by atoms with E-state index >= 15 is 0 Å². The molecule has 0 atom stereocenters. The van der Waals surface area contributed by atoms with Gasteiger partial charge in [-0.3, -0.25) is 0 Å². The Morgan fingerprint density at radius 3 is 1.26 bits per heavy atom. The smallest absolute Gasteiger partial charge is 0.0726 e. The third-order valence-electron chi connectivity index (χ3n) is 13.3. The standard InChI is InChI=1S/C59H37NS/c1-2-14-38(15-3-1)57-34-35-58(61-57)39-26-28-40(29-27-39)60(41-30-32-47-45-18-5-4-16-43(45)44-17-6-7-19-46(44)52(47)36-41)42-31-33-51-50-22-10-13-25-55(50)59(56(51)37-42)53-23-11-8-20-48(53)49-21-9-12-24-54(49)59/h1-37H. The fourth-order valence-corrected chi connectivity index (χ4v) is 11.7. The molecular weight excluding hydrogens is 755 g/mol. The van der Waals surface area contributed by atoms with Crippen LogP contribution in [0.4, 0.5) is 17.1 Å². The number of anilines is 3. The zero-order chi connectivity index (χ0) is 40.1. The normalized spacial score (nSPS) is 13.0. The molecule has 0 amide bonds. The van der Waals surface area contributed by atoms with Gasteiger partial charge in [0.2, 0.25) is 0 Å². The molecule has 2 aliphatic rings. The van der Waals surface area contributed by atoms with Gasteiger partial charge in [-0.05, 0) is 136 Å². The molecule has 13 rings (SSSR count). The van der Waals surface area contributed by atoms with Gasteiger partial charge in [-0.1, -0.05) is 176 Å². The second-order valence-electron chi connectivity index (χ2n) is 16.3. The Labute approximate surface area is 359 Å². The maximum Gasteiger partial charge on any atom is 0.0726 e. The first-order chi connectivity index (χ1) is 30.3. The lowest BCUT2D eigenvalue weighted by atomic mass is 9.70. The predicted octanol–water partition coefficient (Wildman–Crippen LogP) is 16.4. The summed E-state index contributed by atoms with van der Waals surface area (Å²) < 4.78 is 0. The van der Waals surface area contributed by atoms with Crippen LogP contribution in [0.5, 0.6) is 0 Å². The summed E-state index contributed by atoms with van der Waals surface area (Å²) in [6, 6.07) is 83.6. The molecule has 61 heavy (non-hydrogen) atoms. The quantitative estimate of drug-likeness (QED) is 0.157. The van der Waals surface area contributed by atoms with Crippen LogP contribution in [-0.2, 0) is 5.41 Å². The van der Waals surface area contributed by atoms with Crippen molar-refractivity contribution in [2.24, 2.45) is 0 Å². The molecule has 0 bridgehead atoms. The topological polar surface area (TPSA) is 3.24 Å². The van der Waals surface area contributed by atoms with Gasteiger partial charge < -0.3 is 4.90 Å². The monoisotopic (exact) mass is 791 g/mol. The van der Waals surface area contributed by atoms with Gasteiger partial charge in [0.15, 0.2) is 0 Å². The van der Waals surface area contributed by atoms with Crippen molar-refractivity contribution in [2.75, 3.05) is 4.90 Å². The molecule has 284 valence electrons. The van der Waals surface area contributed by atoms with Crippen molar-refractivity contribution < 1.29 is 0 Å². The Balaban J connectivity index is 1.04. The minimum atomic E-state index is -0.432. The number of benzene rings is 10. The van der Waals surface area contributed by atoms with Crippen molar-refractivity contribution in [3.05, 3.63) is 247 Å². The summed E-state index contributed by atoms with van der Waals surface area (Å²) >= 11 is 1.84. The summed E-state index contributed by atoms with van der Waals surface area (Å²) in [4.78, 5) is 5.01. The first kappa shape index (κ1) is 34.4. The number of hydrogen-bond donors (Lipinski definition) is 0. The third kappa shape index (κ3) is 4.94. The van der Waals surface area contributed by atoms with E-state index in [1.54, 1.807) is 0 Å². The lowest BCUT2D eigenvalue weighted by Gasteiger charge is -2.32. The Hall–Kier alpha value is -7.52. The summed E-state index contributed by atoms with van der Waals surface area (Å²) in [5.74, 6) is 0. The highest BCUT2D eigenvalue weighted by Crippen LogP contribution is 2.63. The Kier molecular flexibility index (Phi) is 7.46. The van der Waals surface area contributed by atoms with Crippen LogP contribution in [0.15, 0.2) is 224 Å². The van der Waals surface area contributed by atoms with E-state index in [0.717, 1.165) is 17.1 Å². The van der Waals surface area contributed by atoms with Gasteiger partial charge >= 0.3 is 0 Å². The SMILES string of the molecule is c1ccc(-c2ccc(-c3ccc(N(c4ccc5c(c4)C4(c6ccccc6-c6ccccc64)c4ccccc4-5)c4ccc5c6ccccc6c6ccccc6c5c4)cc3)s2)cc1. The molecular formula is C59H37NS. The van der Waals surface area contributed by atoms with E-state index in [9.17, 15) is 0 Å². The Bertz CT molecular complexity index is 3440. The van der Waals surface area contributed by atoms with E-state index < -0.39 is 5.41 Å². The third-order valence-corrected chi connectivity index (χ3v) is 14.5. The molecule has 0 fully saturated rings. The Morgan fingerprint density at radius 2 is 0.689 bits per heavy atom. The van der Waals surface area contributed by atoms with Crippen molar-refractivity contribution in [1.82, 2.24) is 0 Å². The minimum Gasteiger partial charge on any atom is -0.310 e. The van der Waals surface area contributed by atoms with Crippen molar-refractivity contribution in [3.8, 4) is 43.1 Å². The molecule has 0 saturated heterocycles. The van der Waals surface area contributed by atoms with Crippen molar-refractivity contribution in [1.29, 1.82) is 0 Å². The van der Waals surface area contributed by atoms with Crippen LogP contribution < -0.4 is 4.90 Å². The summed E-state index contributed by atoms with van der Waals surface area (Å²) in [5, 5.41) is 7.63. The van der Waals surface area contributed by atoms with Crippen LogP contribution in [0.3, 0.4) is 0 Å². The summed E-state index contributed by atoms with van der Waals surface area (Å²) in [6.45, 7) is 0. The Morgan fingerprint density at radius 1 is 0.279 bits per heavy atom. The molecule has 1 spiro atoms. The first-order valence-electron chi connectivity index (χ1n) is 21.1. The number of rotatable bonds is 5. The summed E-state index contributed by atoms with van der Waals surface area (Å²) in [7, 11) is 0. The van der Waals surface area contributed by atoms with Crippen LogP contribution in [0.2, 0.25) is 0 Å². The lowest BCUT2D eigenvalue weighted by Crippen LogP contribution is -2.26. The zero-order valence-corrected chi connectivity index (χ0v) is 34.0. The first-order valence-corrected chi connectivity index (χ1v) is 21.9. The van der Waals surface area contributed by atoms with E-state index in [-0.39, 0.29) is 0 Å². The number of fused-ring (bicyclic) bond motifs is 16. The van der Waals surface area contributed by atoms with Gasteiger partial charge in [0.05, 0.1) is 5.41 Å². The number of nitrogens with zero attached hydrogens (tertiary/aromatic N) is 1. The van der Waals surface area contributed by atoms with E-state index in [2.05, 4.69) is 229 Å². The van der Waals surface area contributed by atoms with Crippen molar-refractivity contribution in [3.63, 3.8) is 0 Å². The van der Waals surface area contributed by atoms with Gasteiger partial charge in [0.25, 0.3) is 0 Å². The van der Waals surface area contributed by atoms with Crippen LogP contribution in [0.25, 0.3) is 75.5 Å². The van der Waals surface area contributed by atoms with E-state index in [1.165, 1.54) is 97.7 Å². The molecule has 0 N–H and O–H groups in total. The maximum atomic E-state index is 2.50. The van der Waals surface area contributed by atoms with E-state index in [1.807, 2.05) is 11.3 Å². The minimum absolute atomic E-state index is 0.432. The van der Waals surface area contributed by atoms with Gasteiger partial charge in [0, 0.05) is 26.8 Å². The predicted molar refractivity (Wildman–Crippen MR) is 259 cm³/mol. The molecule has 1 heterocycles. The molecule has 11 aromatic rings. The van der Waals surface area contributed by atoms with Gasteiger partial charge in [-0.25, -0.2) is 0 Å². The molecule has 10 aromatic carbocycles. The highest BCUT2D eigenvalue weighted by Gasteiger charge is 2.51. The van der Waals surface area contributed by atoms with E-state index in [0.29, 0.717) is 0 Å².